The normalized spacial score (nSPS) is 14.4. The molecular formula is C21H37O5P. The minimum Gasteiger partial charge on any atom is -0.507 e. The SMILES string of the molecule is CCOC(c1cc(C(C)(C)C)c(O)c(C(C)(C)C)c1)P(=O)(OCC)OCC. The van der Waals surface area contributed by atoms with Crippen LogP contribution in [0.4, 0.5) is 0 Å². The van der Waals surface area contributed by atoms with E-state index in [4.69, 9.17) is 13.8 Å². The second-order valence-electron chi connectivity index (χ2n) is 8.65. The molecule has 1 N–H and O–H groups in total. The Labute approximate surface area is 165 Å². The number of hydrogen-bond donors (Lipinski definition) is 1. The third kappa shape index (κ3) is 5.80. The Morgan fingerprint density at radius 3 is 1.59 bits per heavy atom. The van der Waals surface area contributed by atoms with Gasteiger partial charge in [-0.25, -0.2) is 0 Å². The van der Waals surface area contributed by atoms with Gasteiger partial charge < -0.3 is 18.9 Å². The molecule has 5 nitrogen and oxygen atoms in total. The van der Waals surface area contributed by atoms with Gasteiger partial charge in [-0.3, -0.25) is 4.57 Å². The molecule has 0 spiro atoms. The van der Waals surface area contributed by atoms with Gasteiger partial charge in [0.1, 0.15) is 5.75 Å². The molecule has 0 radical (unpaired) electrons. The molecule has 1 aromatic rings. The van der Waals surface area contributed by atoms with E-state index in [2.05, 4.69) is 0 Å². The molecule has 1 rings (SSSR count). The first-order chi connectivity index (χ1) is 12.3. The van der Waals surface area contributed by atoms with E-state index in [0.29, 0.717) is 12.2 Å². The highest BCUT2D eigenvalue weighted by Gasteiger charge is 2.39. The lowest BCUT2D eigenvalue weighted by molar-refractivity contribution is 0.0780. The highest BCUT2D eigenvalue weighted by atomic mass is 31.2. The minimum absolute atomic E-state index is 0.261. The average Bonchev–Trinajstić information content (AvgIpc) is 2.51. The molecule has 0 aromatic heterocycles. The fraction of sp³-hybridized carbons (Fsp3) is 0.714. The molecule has 1 aromatic carbocycles. The van der Waals surface area contributed by atoms with Gasteiger partial charge in [-0.2, -0.15) is 0 Å². The summed E-state index contributed by atoms with van der Waals surface area (Å²) >= 11 is 0. The summed E-state index contributed by atoms with van der Waals surface area (Å²) in [5.41, 5.74) is 1.69. The predicted molar refractivity (Wildman–Crippen MR) is 111 cm³/mol. The molecule has 1 atom stereocenters. The summed E-state index contributed by atoms with van der Waals surface area (Å²) in [7, 11) is -3.53. The highest BCUT2D eigenvalue weighted by Crippen LogP contribution is 2.62. The maximum absolute atomic E-state index is 13.5. The summed E-state index contributed by atoms with van der Waals surface area (Å²) in [5.74, 6) is -0.568. The molecular weight excluding hydrogens is 363 g/mol. The smallest absolute Gasteiger partial charge is 0.363 e. The lowest BCUT2D eigenvalue weighted by Gasteiger charge is -2.31. The maximum Gasteiger partial charge on any atom is 0.363 e. The molecule has 6 heteroatoms. The van der Waals surface area contributed by atoms with Crippen LogP contribution in [0.1, 0.15) is 84.8 Å². The number of phenolic OH excluding ortho intramolecular Hbond substituents is 1. The molecule has 0 saturated heterocycles. The molecule has 0 fully saturated rings. The van der Waals surface area contributed by atoms with Crippen molar-refractivity contribution in [2.45, 2.75) is 79.0 Å². The summed E-state index contributed by atoms with van der Waals surface area (Å²) in [6.45, 7) is 18.6. The lowest BCUT2D eigenvalue weighted by atomic mass is 9.78. The molecule has 0 amide bonds. The summed E-state index contributed by atoms with van der Waals surface area (Å²) in [5, 5.41) is 10.9. The average molecular weight is 400 g/mol. The van der Waals surface area contributed by atoms with E-state index in [1.54, 1.807) is 13.8 Å². The van der Waals surface area contributed by atoms with Crippen molar-refractivity contribution in [1.29, 1.82) is 0 Å². The number of ether oxygens (including phenoxy) is 1. The predicted octanol–water partition coefficient (Wildman–Crippen LogP) is 6.29. The van der Waals surface area contributed by atoms with Crippen LogP contribution in [0.3, 0.4) is 0 Å². The maximum atomic E-state index is 13.5. The monoisotopic (exact) mass is 400 g/mol. The van der Waals surface area contributed by atoms with Crippen molar-refractivity contribution >= 4 is 7.60 Å². The van der Waals surface area contributed by atoms with Crippen LogP contribution >= 0.6 is 7.60 Å². The van der Waals surface area contributed by atoms with Crippen molar-refractivity contribution in [3.63, 3.8) is 0 Å². The van der Waals surface area contributed by atoms with Crippen LogP contribution in [-0.4, -0.2) is 24.9 Å². The van der Waals surface area contributed by atoms with Crippen LogP contribution in [0.2, 0.25) is 0 Å². The summed E-state index contributed by atoms with van der Waals surface area (Å²) < 4.78 is 30.5. The Kier molecular flexibility index (Phi) is 8.13. The first kappa shape index (κ1) is 24.2. The van der Waals surface area contributed by atoms with Crippen LogP contribution in [0.15, 0.2) is 12.1 Å². The van der Waals surface area contributed by atoms with Crippen molar-refractivity contribution in [1.82, 2.24) is 0 Å². The second-order valence-corrected chi connectivity index (χ2v) is 10.7. The fourth-order valence-corrected chi connectivity index (χ4v) is 4.91. The van der Waals surface area contributed by atoms with E-state index < -0.39 is 13.4 Å². The summed E-state index contributed by atoms with van der Waals surface area (Å²) in [6, 6.07) is 3.74. The minimum atomic E-state index is -3.53. The van der Waals surface area contributed by atoms with Gasteiger partial charge in [0.15, 0.2) is 5.85 Å². The molecule has 0 heterocycles. The standard InChI is InChI=1S/C21H37O5P/c1-10-24-19(27(23,25-11-2)26-12-3)15-13-16(20(4,5)6)18(22)17(14-15)21(7,8)9/h13-14,19,22H,10-12H2,1-9H3. The number of aromatic hydroxyl groups is 1. The van der Waals surface area contributed by atoms with E-state index in [0.717, 1.165) is 11.1 Å². The largest absolute Gasteiger partial charge is 0.507 e. The van der Waals surface area contributed by atoms with Crippen LogP contribution in [0.25, 0.3) is 0 Å². The van der Waals surface area contributed by atoms with Gasteiger partial charge in [0.2, 0.25) is 0 Å². The molecule has 0 aliphatic rings. The van der Waals surface area contributed by atoms with Gasteiger partial charge in [-0.1, -0.05) is 41.5 Å². The van der Waals surface area contributed by atoms with Gasteiger partial charge in [0.25, 0.3) is 0 Å². The number of hydrogen-bond acceptors (Lipinski definition) is 5. The number of benzene rings is 1. The Bertz CT molecular complexity index is 625. The van der Waals surface area contributed by atoms with E-state index in [1.165, 1.54) is 0 Å². The van der Waals surface area contributed by atoms with Crippen molar-refractivity contribution < 1.29 is 23.5 Å². The quantitative estimate of drug-likeness (QED) is 0.520. The number of phenols is 1. The Balaban J connectivity index is 3.75. The lowest BCUT2D eigenvalue weighted by Crippen LogP contribution is -2.19. The van der Waals surface area contributed by atoms with E-state index in [1.807, 2.05) is 60.6 Å². The van der Waals surface area contributed by atoms with E-state index in [9.17, 15) is 9.67 Å². The first-order valence-corrected chi connectivity index (χ1v) is 11.3. The van der Waals surface area contributed by atoms with Crippen LogP contribution in [0, 0.1) is 0 Å². The zero-order chi connectivity index (χ0) is 21.0. The molecule has 156 valence electrons. The first-order valence-electron chi connectivity index (χ1n) is 9.70. The molecule has 1 unspecified atom stereocenters. The molecule has 0 saturated carbocycles. The zero-order valence-electron chi connectivity index (χ0n) is 18.4. The van der Waals surface area contributed by atoms with Crippen molar-refractivity contribution in [3.8, 4) is 5.75 Å². The second kappa shape index (κ2) is 9.09. The van der Waals surface area contributed by atoms with Crippen molar-refractivity contribution in [2.75, 3.05) is 19.8 Å². The number of rotatable bonds is 8. The van der Waals surface area contributed by atoms with Crippen molar-refractivity contribution in [2.24, 2.45) is 0 Å². The van der Waals surface area contributed by atoms with E-state index >= 15 is 0 Å². The van der Waals surface area contributed by atoms with Crippen LogP contribution < -0.4 is 0 Å². The van der Waals surface area contributed by atoms with Gasteiger partial charge in [0.05, 0.1) is 13.2 Å². The topological polar surface area (TPSA) is 65.0 Å². The molecule has 0 bridgehead atoms. The van der Waals surface area contributed by atoms with Gasteiger partial charge >= 0.3 is 7.60 Å². The Hall–Kier alpha value is -0.870. The molecule has 0 aliphatic carbocycles. The molecule has 0 aliphatic heterocycles. The fourth-order valence-electron chi connectivity index (χ4n) is 3.00. The third-order valence-electron chi connectivity index (χ3n) is 4.26. The Morgan fingerprint density at radius 2 is 1.30 bits per heavy atom. The third-order valence-corrected chi connectivity index (χ3v) is 6.52. The van der Waals surface area contributed by atoms with Gasteiger partial charge in [-0.05, 0) is 60.4 Å². The van der Waals surface area contributed by atoms with Crippen LogP contribution in [0.5, 0.6) is 5.75 Å². The summed E-state index contributed by atoms with van der Waals surface area (Å²) in [6.07, 6.45) is 0. The van der Waals surface area contributed by atoms with Crippen LogP contribution in [-0.2, 0) is 29.2 Å². The van der Waals surface area contributed by atoms with Gasteiger partial charge in [-0.15, -0.1) is 0 Å². The summed E-state index contributed by atoms with van der Waals surface area (Å²) in [4.78, 5) is 0. The zero-order valence-corrected chi connectivity index (χ0v) is 19.3. The Morgan fingerprint density at radius 1 is 0.889 bits per heavy atom. The van der Waals surface area contributed by atoms with E-state index in [-0.39, 0.29) is 29.8 Å². The molecule has 27 heavy (non-hydrogen) atoms. The van der Waals surface area contributed by atoms with Gasteiger partial charge in [0, 0.05) is 6.61 Å². The highest BCUT2D eigenvalue weighted by molar-refractivity contribution is 7.54. The van der Waals surface area contributed by atoms with Crippen molar-refractivity contribution in [3.05, 3.63) is 28.8 Å².